The zero-order valence-corrected chi connectivity index (χ0v) is 13.3. The van der Waals surface area contributed by atoms with Crippen molar-refractivity contribution in [1.29, 1.82) is 0 Å². The van der Waals surface area contributed by atoms with Gasteiger partial charge in [0, 0.05) is 13.1 Å². The number of hydrogen-bond acceptors (Lipinski definition) is 3. The van der Waals surface area contributed by atoms with Gasteiger partial charge in [0.05, 0.1) is 5.69 Å². The number of oxazole rings is 1. The summed E-state index contributed by atoms with van der Waals surface area (Å²) < 4.78 is 18.1. The zero-order valence-electron chi connectivity index (χ0n) is 13.3. The highest BCUT2D eigenvalue weighted by Gasteiger charge is 2.27. The molecule has 0 N–H and O–H groups in total. The van der Waals surface area contributed by atoms with E-state index in [0.717, 1.165) is 44.3 Å². The summed E-state index contributed by atoms with van der Waals surface area (Å²) in [6.07, 6.45) is 5.37. The summed E-state index contributed by atoms with van der Waals surface area (Å²) in [6, 6.07) is 6.66. The van der Waals surface area contributed by atoms with Gasteiger partial charge in [0.15, 0.2) is 6.39 Å². The quantitative estimate of drug-likeness (QED) is 0.865. The zero-order chi connectivity index (χ0) is 16.2. The lowest BCUT2D eigenvalue weighted by Crippen LogP contribution is -2.40. The molecular formula is C18H21FN2O2. The highest BCUT2D eigenvalue weighted by molar-refractivity contribution is 5.92. The first-order valence-electron chi connectivity index (χ1n) is 8.07. The lowest BCUT2D eigenvalue weighted by molar-refractivity contribution is 0.0635. The number of halogens is 1. The molecular weight excluding hydrogens is 295 g/mol. The summed E-state index contributed by atoms with van der Waals surface area (Å²) >= 11 is 0. The molecule has 5 heteroatoms. The molecule has 1 aromatic carbocycles. The first-order valence-corrected chi connectivity index (χ1v) is 8.07. The largest absolute Gasteiger partial charge is 0.438 e. The lowest BCUT2D eigenvalue weighted by atomic mass is 9.91. The van der Waals surface area contributed by atoms with Crippen LogP contribution in [0.3, 0.4) is 0 Å². The van der Waals surface area contributed by atoms with Gasteiger partial charge in [-0.1, -0.05) is 12.1 Å². The number of carbonyl (C=O) groups excluding carboxylic acids is 1. The molecule has 0 spiro atoms. The smallest absolute Gasteiger partial charge is 0.291 e. The molecule has 1 aliphatic heterocycles. The summed E-state index contributed by atoms with van der Waals surface area (Å²) in [4.78, 5) is 18.3. The van der Waals surface area contributed by atoms with E-state index < -0.39 is 0 Å². The van der Waals surface area contributed by atoms with E-state index in [4.69, 9.17) is 4.42 Å². The number of aryl methyl sites for hydroxylation is 2. The Labute approximate surface area is 135 Å². The second-order valence-electron chi connectivity index (χ2n) is 6.19. The van der Waals surface area contributed by atoms with Crippen LogP contribution in [0.25, 0.3) is 0 Å². The van der Waals surface area contributed by atoms with Crippen molar-refractivity contribution in [3.05, 3.63) is 53.5 Å². The Morgan fingerprint density at radius 2 is 2.17 bits per heavy atom. The lowest BCUT2D eigenvalue weighted by Gasteiger charge is -2.32. The van der Waals surface area contributed by atoms with E-state index in [-0.39, 0.29) is 11.7 Å². The molecule has 1 aliphatic rings. The fourth-order valence-electron chi connectivity index (χ4n) is 3.16. The van der Waals surface area contributed by atoms with Crippen LogP contribution in [0.4, 0.5) is 4.39 Å². The van der Waals surface area contributed by atoms with Gasteiger partial charge in [-0.25, -0.2) is 9.37 Å². The van der Waals surface area contributed by atoms with E-state index in [9.17, 15) is 9.18 Å². The van der Waals surface area contributed by atoms with Crippen LogP contribution in [0.5, 0.6) is 0 Å². The van der Waals surface area contributed by atoms with Crippen molar-refractivity contribution >= 4 is 5.91 Å². The van der Waals surface area contributed by atoms with Crippen LogP contribution in [0.2, 0.25) is 0 Å². The molecule has 2 heterocycles. The highest BCUT2D eigenvalue weighted by Crippen LogP contribution is 2.23. The van der Waals surface area contributed by atoms with Crippen LogP contribution in [-0.2, 0) is 6.42 Å². The van der Waals surface area contributed by atoms with E-state index in [1.54, 1.807) is 6.92 Å². The van der Waals surface area contributed by atoms with Gasteiger partial charge in [-0.05, 0) is 56.2 Å². The SMILES string of the molecule is Cc1ncoc1C(=O)N1CCC[C@@H](CCc2ccc(F)cc2)C1. The molecule has 0 radical (unpaired) electrons. The maximum absolute atomic E-state index is 12.9. The second-order valence-corrected chi connectivity index (χ2v) is 6.19. The Balaban J connectivity index is 1.57. The maximum Gasteiger partial charge on any atom is 0.291 e. The summed E-state index contributed by atoms with van der Waals surface area (Å²) in [5, 5.41) is 0. The van der Waals surface area contributed by atoms with Crippen molar-refractivity contribution in [3.8, 4) is 0 Å². The molecule has 122 valence electrons. The van der Waals surface area contributed by atoms with Crippen LogP contribution in [0, 0.1) is 18.7 Å². The number of piperidine rings is 1. The van der Waals surface area contributed by atoms with Gasteiger partial charge < -0.3 is 9.32 Å². The normalized spacial score (nSPS) is 18.2. The molecule has 0 bridgehead atoms. The topological polar surface area (TPSA) is 46.3 Å². The van der Waals surface area contributed by atoms with Gasteiger partial charge in [-0.2, -0.15) is 0 Å². The average molecular weight is 316 g/mol. The van der Waals surface area contributed by atoms with Crippen molar-refractivity contribution in [2.75, 3.05) is 13.1 Å². The van der Waals surface area contributed by atoms with Crippen LogP contribution >= 0.6 is 0 Å². The average Bonchev–Trinajstić information content (AvgIpc) is 3.00. The van der Waals surface area contributed by atoms with E-state index in [1.165, 1.54) is 18.5 Å². The summed E-state index contributed by atoms with van der Waals surface area (Å²) in [6.45, 7) is 3.30. The predicted molar refractivity (Wildman–Crippen MR) is 84.6 cm³/mol. The summed E-state index contributed by atoms with van der Waals surface area (Å²) in [5.41, 5.74) is 1.78. The Bertz CT molecular complexity index is 666. The summed E-state index contributed by atoms with van der Waals surface area (Å²) in [7, 11) is 0. The molecule has 1 fully saturated rings. The van der Waals surface area contributed by atoms with Crippen LogP contribution in [0.15, 0.2) is 35.1 Å². The maximum atomic E-state index is 12.9. The number of aromatic nitrogens is 1. The Hall–Kier alpha value is -2.17. The monoisotopic (exact) mass is 316 g/mol. The van der Waals surface area contributed by atoms with E-state index >= 15 is 0 Å². The Morgan fingerprint density at radius 3 is 2.87 bits per heavy atom. The third-order valence-corrected chi connectivity index (χ3v) is 4.50. The molecule has 1 saturated heterocycles. The Kier molecular flexibility index (Phi) is 4.74. The minimum Gasteiger partial charge on any atom is -0.438 e. The number of benzene rings is 1. The molecule has 3 rings (SSSR count). The van der Waals surface area contributed by atoms with Crippen LogP contribution in [0.1, 0.15) is 41.1 Å². The van der Waals surface area contributed by atoms with Gasteiger partial charge in [-0.3, -0.25) is 4.79 Å². The Morgan fingerprint density at radius 1 is 1.39 bits per heavy atom. The molecule has 0 aliphatic carbocycles. The van der Waals surface area contributed by atoms with Crippen molar-refractivity contribution in [2.45, 2.75) is 32.6 Å². The highest BCUT2D eigenvalue weighted by atomic mass is 19.1. The fourth-order valence-corrected chi connectivity index (χ4v) is 3.16. The second kappa shape index (κ2) is 6.94. The van der Waals surface area contributed by atoms with Gasteiger partial charge in [0.25, 0.3) is 5.91 Å². The van der Waals surface area contributed by atoms with Crippen molar-refractivity contribution in [1.82, 2.24) is 9.88 Å². The first-order chi connectivity index (χ1) is 11.1. The molecule has 4 nitrogen and oxygen atoms in total. The van der Waals surface area contributed by atoms with Crippen molar-refractivity contribution in [2.24, 2.45) is 5.92 Å². The molecule has 23 heavy (non-hydrogen) atoms. The minimum absolute atomic E-state index is 0.0634. The van der Waals surface area contributed by atoms with E-state index in [1.807, 2.05) is 17.0 Å². The van der Waals surface area contributed by atoms with Crippen molar-refractivity contribution < 1.29 is 13.6 Å². The van der Waals surface area contributed by atoms with Crippen molar-refractivity contribution in [3.63, 3.8) is 0 Å². The molecule has 0 saturated carbocycles. The number of carbonyl (C=O) groups is 1. The number of likely N-dealkylation sites (tertiary alicyclic amines) is 1. The third kappa shape index (κ3) is 3.78. The minimum atomic E-state index is -0.203. The first kappa shape index (κ1) is 15.7. The number of amides is 1. The number of nitrogens with zero attached hydrogens (tertiary/aromatic N) is 2. The molecule has 1 aromatic heterocycles. The third-order valence-electron chi connectivity index (χ3n) is 4.50. The molecule has 2 aromatic rings. The standard InChI is InChI=1S/C18H21FN2O2/c1-13-17(23-12-20-13)18(22)21-10-2-3-15(11-21)5-4-14-6-8-16(19)9-7-14/h6-9,12,15H,2-5,10-11H2,1H3/t15-/m0/s1. The summed E-state index contributed by atoms with van der Waals surface area (Å²) in [5.74, 6) is 0.558. The number of hydrogen-bond donors (Lipinski definition) is 0. The predicted octanol–water partition coefficient (Wildman–Crippen LogP) is 3.61. The number of rotatable bonds is 4. The van der Waals surface area contributed by atoms with Gasteiger partial charge >= 0.3 is 0 Å². The van der Waals surface area contributed by atoms with Gasteiger partial charge in [0.2, 0.25) is 5.76 Å². The van der Waals surface area contributed by atoms with Crippen LogP contribution < -0.4 is 0 Å². The molecule has 1 amide bonds. The van der Waals surface area contributed by atoms with E-state index in [2.05, 4.69) is 4.98 Å². The molecule has 1 atom stereocenters. The van der Waals surface area contributed by atoms with E-state index in [0.29, 0.717) is 17.4 Å². The fraction of sp³-hybridized carbons (Fsp3) is 0.444. The molecule has 0 unspecified atom stereocenters. The van der Waals surface area contributed by atoms with Crippen LogP contribution in [-0.4, -0.2) is 28.9 Å². The van der Waals surface area contributed by atoms with Gasteiger partial charge in [-0.15, -0.1) is 0 Å². The van der Waals surface area contributed by atoms with Gasteiger partial charge in [0.1, 0.15) is 5.82 Å².